The van der Waals surface area contributed by atoms with Gasteiger partial charge < -0.3 is 4.90 Å². The highest BCUT2D eigenvalue weighted by atomic mass is 32.1. The molecule has 2 rings (SSSR count). The van der Waals surface area contributed by atoms with Crippen LogP contribution in [0.2, 0.25) is 0 Å². The quantitative estimate of drug-likeness (QED) is 0.595. The van der Waals surface area contributed by atoms with Crippen molar-refractivity contribution in [1.29, 1.82) is 15.8 Å². The van der Waals surface area contributed by atoms with E-state index in [1.54, 1.807) is 0 Å². The van der Waals surface area contributed by atoms with Crippen LogP contribution in [0.5, 0.6) is 0 Å². The zero-order valence-corrected chi connectivity index (χ0v) is 14.0. The molecule has 1 aliphatic heterocycles. The second-order valence-corrected chi connectivity index (χ2v) is 7.50. The van der Waals surface area contributed by atoms with Crippen LogP contribution in [0.1, 0.15) is 39.5 Å². The fraction of sp³-hybridized carbons (Fsp3) is 0.588. The van der Waals surface area contributed by atoms with Gasteiger partial charge in [-0.25, -0.2) is 0 Å². The summed E-state index contributed by atoms with van der Waals surface area (Å²) in [6, 6.07) is 6.17. The summed E-state index contributed by atoms with van der Waals surface area (Å²) in [5.74, 6) is 0. The molecule has 0 radical (unpaired) electrons. The molecule has 0 bridgehead atoms. The zero-order valence-electron chi connectivity index (χ0n) is 13.1. The Morgan fingerprint density at radius 1 is 1.23 bits per heavy atom. The molecule has 0 N–H and O–H groups in total. The van der Waals surface area contributed by atoms with Crippen molar-refractivity contribution >= 4 is 12.6 Å². The van der Waals surface area contributed by atoms with Crippen LogP contribution in [0.3, 0.4) is 0 Å². The van der Waals surface area contributed by atoms with Crippen LogP contribution >= 0.6 is 12.6 Å². The first-order chi connectivity index (χ1) is 10.4. The minimum Gasteiger partial charge on any atom is -0.373 e. The molecule has 1 saturated heterocycles. The van der Waals surface area contributed by atoms with Crippen molar-refractivity contribution in [2.45, 2.75) is 44.8 Å². The number of nitrogens with zero attached hydrogens (tertiary/aromatic N) is 4. The predicted octanol–water partition coefficient (Wildman–Crippen LogP) is 3.32. The van der Waals surface area contributed by atoms with Gasteiger partial charge in [0.25, 0.3) is 0 Å². The minimum absolute atomic E-state index is 0.0620. The second-order valence-electron chi connectivity index (χ2n) is 6.77. The van der Waals surface area contributed by atoms with Crippen LogP contribution in [0, 0.1) is 39.4 Å². The minimum atomic E-state index is -0.0620. The van der Waals surface area contributed by atoms with Crippen LogP contribution in [-0.4, -0.2) is 23.2 Å². The van der Waals surface area contributed by atoms with Gasteiger partial charge in [-0.1, -0.05) is 13.8 Å². The fourth-order valence-corrected chi connectivity index (χ4v) is 3.70. The largest absolute Gasteiger partial charge is 0.373 e. The third-order valence-electron chi connectivity index (χ3n) is 4.31. The molecular weight excluding hydrogens is 292 g/mol. The molecule has 114 valence electrons. The summed E-state index contributed by atoms with van der Waals surface area (Å²) < 4.78 is 0. The standard InChI is InChI=1S/C17H20N4S/c1-17(2)6-14(12(8-18)9-19)15(10-20)16(7-17)21-5-3-4-13(22)11-21/h13,22H,3-7,11H2,1-2H3. The van der Waals surface area contributed by atoms with Gasteiger partial charge in [-0.15, -0.1) is 0 Å². The molecule has 1 atom stereocenters. The molecule has 0 aromatic rings. The lowest BCUT2D eigenvalue weighted by Crippen LogP contribution is -2.39. The summed E-state index contributed by atoms with van der Waals surface area (Å²) in [5, 5.41) is 28.4. The van der Waals surface area contributed by atoms with E-state index in [1.165, 1.54) is 0 Å². The van der Waals surface area contributed by atoms with Gasteiger partial charge in [0.15, 0.2) is 0 Å². The molecule has 1 unspecified atom stereocenters. The molecule has 5 heteroatoms. The third kappa shape index (κ3) is 3.29. The van der Waals surface area contributed by atoms with Crippen molar-refractivity contribution in [2.75, 3.05) is 13.1 Å². The smallest absolute Gasteiger partial charge is 0.134 e. The van der Waals surface area contributed by atoms with Crippen LogP contribution in [-0.2, 0) is 0 Å². The predicted molar refractivity (Wildman–Crippen MR) is 87.5 cm³/mol. The van der Waals surface area contributed by atoms with Gasteiger partial charge in [0.2, 0.25) is 0 Å². The maximum atomic E-state index is 9.63. The van der Waals surface area contributed by atoms with Gasteiger partial charge in [-0.05, 0) is 31.1 Å². The molecule has 1 heterocycles. The van der Waals surface area contributed by atoms with Crippen molar-refractivity contribution in [3.63, 3.8) is 0 Å². The number of piperidine rings is 1. The number of hydrogen-bond acceptors (Lipinski definition) is 5. The highest BCUT2D eigenvalue weighted by Crippen LogP contribution is 2.44. The van der Waals surface area contributed by atoms with E-state index in [9.17, 15) is 15.8 Å². The molecule has 2 aliphatic rings. The van der Waals surface area contributed by atoms with Crippen molar-refractivity contribution in [2.24, 2.45) is 5.41 Å². The number of hydrogen-bond donors (Lipinski definition) is 1. The summed E-state index contributed by atoms with van der Waals surface area (Å²) in [4.78, 5) is 2.23. The van der Waals surface area contributed by atoms with E-state index in [-0.39, 0.29) is 11.0 Å². The van der Waals surface area contributed by atoms with Crippen LogP contribution in [0.4, 0.5) is 0 Å². The first-order valence-electron chi connectivity index (χ1n) is 7.52. The van der Waals surface area contributed by atoms with E-state index in [0.717, 1.165) is 38.0 Å². The first kappa shape index (κ1) is 16.5. The normalized spacial score (nSPS) is 24.3. The number of allylic oxidation sites excluding steroid dienone is 4. The monoisotopic (exact) mass is 312 g/mol. The second kappa shape index (κ2) is 6.47. The van der Waals surface area contributed by atoms with Crippen molar-refractivity contribution in [1.82, 2.24) is 4.90 Å². The van der Waals surface area contributed by atoms with Gasteiger partial charge >= 0.3 is 0 Å². The summed E-state index contributed by atoms with van der Waals surface area (Å²) >= 11 is 4.58. The Morgan fingerprint density at radius 2 is 1.91 bits per heavy atom. The van der Waals surface area contributed by atoms with Gasteiger partial charge in [0.1, 0.15) is 23.8 Å². The molecular formula is C17H20N4S. The van der Waals surface area contributed by atoms with Gasteiger partial charge in [-0.3, -0.25) is 0 Å². The third-order valence-corrected chi connectivity index (χ3v) is 4.73. The molecule has 0 aromatic carbocycles. The highest BCUT2D eigenvalue weighted by molar-refractivity contribution is 7.81. The Morgan fingerprint density at radius 3 is 2.45 bits per heavy atom. The summed E-state index contributed by atoms with van der Waals surface area (Å²) in [6.45, 7) is 5.97. The Balaban J connectivity index is 2.57. The van der Waals surface area contributed by atoms with Gasteiger partial charge in [0, 0.05) is 29.6 Å². The molecule has 22 heavy (non-hydrogen) atoms. The maximum absolute atomic E-state index is 9.63. The summed E-state index contributed by atoms with van der Waals surface area (Å²) in [6.07, 6.45) is 3.53. The van der Waals surface area contributed by atoms with Crippen molar-refractivity contribution < 1.29 is 0 Å². The zero-order chi connectivity index (χ0) is 16.3. The fourth-order valence-electron chi connectivity index (χ4n) is 3.32. The molecule has 0 aromatic heterocycles. The lowest BCUT2D eigenvalue weighted by atomic mass is 9.72. The van der Waals surface area contributed by atoms with E-state index in [1.807, 2.05) is 12.1 Å². The average Bonchev–Trinajstić information content (AvgIpc) is 2.47. The first-order valence-corrected chi connectivity index (χ1v) is 8.03. The topological polar surface area (TPSA) is 74.6 Å². The Kier molecular flexibility index (Phi) is 4.84. The van der Waals surface area contributed by atoms with Crippen LogP contribution in [0.25, 0.3) is 0 Å². The Labute approximate surface area is 137 Å². The van der Waals surface area contributed by atoms with Gasteiger partial charge in [-0.2, -0.15) is 28.4 Å². The summed E-state index contributed by atoms with van der Waals surface area (Å²) in [7, 11) is 0. The molecule has 1 fully saturated rings. The van der Waals surface area contributed by atoms with Crippen molar-refractivity contribution in [3.05, 3.63) is 22.4 Å². The number of thiol groups is 1. The van der Waals surface area contributed by atoms with Gasteiger partial charge in [0.05, 0.1) is 5.57 Å². The summed E-state index contributed by atoms with van der Waals surface area (Å²) in [5.41, 5.74) is 2.13. The van der Waals surface area contributed by atoms with Crippen LogP contribution < -0.4 is 0 Å². The Hall–Kier alpha value is -1.90. The SMILES string of the molecule is CC1(C)CC(=C(C#N)C#N)C(C#N)=C(N2CCCC(S)C2)C1. The highest BCUT2D eigenvalue weighted by Gasteiger charge is 2.35. The van der Waals surface area contributed by atoms with E-state index < -0.39 is 0 Å². The average molecular weight is 312 g/mol. The van der Waals surface area contributed by atoms with E-state index >= 15 is 0 Å². The molecule has 1 aliphatic carbocycles. The number of rotatable bonds is 1. The van der Waals surface area contributed by atoms with E-state index in [4.69, 9.17) is 0 Å². The lowest BCUT2D eigenvalue weighted by Gasteiger charge is -2.41. The molecule has 0 spiro atoms. The Bertz CT molecular complexity index is 636. The van der Waals surface area contributed by atoms with E-state index in [2.05, 4.69) is 37.4 Å². The van der Waals surface area contributed by atoms with Crippen LogP contribution in [0.15, 0.2) is 22.4 Å². The number of nitriles is 3. The number of likely N-dealkylation sites (tertiary alicyclic amines) is 1. The van der Waals surface area contributed by atoms with E-state index in [0.29, 0.717) is 22.8 Å². The maximum Gasteiger partial charge on any atom is 0.134 e. The molecule has 0 saturated carbocycles. The molecule has 0 amide bonds. The van der Waals surface area contributed by atoms with Crippen molar-refractivity contribution in [3.8, 4) is 18.2 Å². The molecule has 4 nitrogen and oxygen atoms in total. The lowest BCUT2D eigenvalue weighted by molar-refractivity contribution is 0.236.